The van der Waals surface area contributed by atoms with Crippen molar-refractivity contribution in [2.45, 2.75) is 55.8 Å². The number of benzene rings is 1. The highest BCUT2D eigenvalue weighted by molar-refractivity contribution is 7.90. The fourth-order valence-electron chi connectivity index (χ4n) is 4.39. The summed E-state index contributed by atoms with van der Waals surface area (Å²) in [5.74, 6) is 1.71. The van der Waals surface area contributed by atoms with E-state index in [1.165, 1.54) is 6.26 Å². The van der Waals surface area contributed by atoms with Crippen molar-refractivity contribution in [2.75, 3.05) is 43.9 Å². The highest BCUT2D eigenvalue weighted by Crippen LogP contribution is 2.32. The lowest BCUT2D eigenvalue weighted by atomic mass is 9.97. The summed E-state index contributed by atoms with van der Waals surface area (Å²) in [7, 11) is -3.20. The molecule has 2 saturated heterocycles. The van der Waals surface area contributed by atoms with Crippen LogP contribution in [0, 0.1) is 0 Å². The van der Waals surface area contributed by atoms with Gasteiger partial charge in [0.2, 0.25) is 5.89 Å². The minimum Gasteiger partial charge on any atom is -0.449 e. The third-order valence-corrected chi connectivity index (χ3v) is 7.60. The number of carbonyl (C=O) groups excluding carboxylic acids is 1. The second-order valence-corrected chi connectivity index (χ2v) is 10.9. The van der Waals surface area contributed by atoms with E-state index in [1.807, 2.05) is 12.1 Å². The fourth-order valence-corrected chi connectivity index (χ4v) is 5.02. The predicted octanol–water partition coefficient (Wildman–Crippen LogP) is 3.58. The normalized spacial score (nSPS) is 19.8. The molecule has 10 heteroatoms. The summed E-state index contributed by atoms with van der Waals surface area (Å²) >= 11 is 0. The molecule has 4 rings (SSSR count). The van der Waals surface area contributed by atoms with E-state index in [9.17, 15) is 13.2 Å². The van der Waals surface area contributed by atoms with Gasteiger partial charge in [-0.1, -0.05) is 18.5 Å². The molecule has 1 unspecified atom stereocenters. The van der Waals surface area contributed by atoms with Crippen molar-refractivity contribution >= 4 is 21.6 Å². The van der Waals surface area contributed by atoms with Crippen LogP contribution in [0.1, 0.15) is 62.6 Å². The van der Waals surface area contributed by atoms with E-state index in [0.717, 1.165) is 56.7 Å². The van der Waals surface area contributed by atoms with Crippen molar-refractivity contribution < 1.29 is 22.5 Å². The van der Waals surface area contributed by atoms with Crippen LogP contribution in [-0.4, -0.2) is 68.6 Å². The van der Waals surface area contributed by atoms with Gasteiger partial charge in [0.1, 0.15) is 0 Å². The minimum absolute atomic E-state index is 0.159. The van der Waals surface area contributed by atoms with Gasteiger partial charge < -0.3 is 19.1 Å². The number of nitrogens with zero attached hydrogens (tertiary/aromatic N) is 4. The molecule has 2 aliphatic rings. The molecule has 0 spiro atoms. The van der Waals surface area contributed by atoms with Gasteiger partial charge in [0.25, 0.3) is 0 Å². The summed E-state index contributed by atoms with van der Waals surface area (Å²) in [6, 6.07) is 7.00. The van der Waals surface area contributed by atoms with Crippen LogP contribution in [0.25, 0.3) is 0 Å². The Hall–Kier alpha value is -2.62. The molecule has 9 nitrogen and oxygen atoms in total. The first kappa shape index (κ1) is 23.5. The van der Waals surface area contributed by atoms with Gasteiger partial charge in [-0.05, 0) is 49.9 Å². The number of carbonyl (C=O) groups is 1. The predicted molar refractivity (Wildman–Crippen MR) is 123 cm³/mol. The average molecular weight is 477 g/mol. The summed E-state index contributed by atoms with van der Waals surface area (Å²) in [6.45, 7) is 5.42. The maximum atomic E-state index is 12.1. The Morgan fingerprint density at radius 1 is 1.12 bits per heavy atom. The van der Waals surface area contributed by atoms with E-state index in [-0.39, 0.29) is 17.9 Å². The molecule has 0 saturated carbocycles. The Morgan fingerprint density at radius 3 is 2.48 bits per heavy atom. The Labute approximate surface area is 195 Å². The van der Waals surface area contributed by atoms with E-state index in [2.05, 4.69) is 17.0 Å². The second-order valence-electron chi connectivity index (χ2n) is 8.92. The van der Waals surface area contributed by atoms with Gasteiger partial charge in [0, 0.05) is 50.0 Å². The van der Waals surface area contributed by atoms with Crippen molar-refractivity contribution in [3.63, 3.8) is 0 Å². The molecule has 1 amide bonds. The Kier molecular flexibility index (Phi) is 7.21. The highest BCUT2D eigenvalue weighted by Gasteiger charge is 2.32. The Morgan fingerprint density at radius 2 is 1.82 bits per heavy atom. The lowest BCUT2D eigenvalue weighted by Gasteiger charge is -2.29. The summed E-state index contributed by atoms with van der Waals surface area (Å²) in [5.41, 5.74) is 0.992. The molecule has 33 heavy (non-hydrogen) atoms. The summed E-state index contributed by atoms with van der Waals surface area (Å²) in [4.78, 5) is 21.1. The number of rotatable bonds is 7. The lowest BCUT2D eigenvalue weighted by molar-refractivity contribution is 0.0896. The van der Waals surface area contributed by atoms with Crippen LogP contribution >= 0.6 is 0 Å². The maximum absolute atomic E-state index is 12.1. The SMILES string of the molecule is CCCCOC(=O)N1CCC(c2nc(C3CCN(c4ccc(S(C)(=O)=O)cc4)C3)no2)CC1. The number of sulfone groups is 1. The molecule has 1 aromatic carbocycles. The first-order valence-electron chi connectivity index (χ1n) is 11.7. The molecular formula is C23H32N4O5S. The molecule has 2 fully saturated rings. The van der Waals surface area contributed by atoms with Gasteiger partial charge >= 0.3 is 6.09 Å². The average Bonchev–Trinajstić information content (AvgIpc) is 3.49. The van der Waals surface area contributed by atoms with Crippen molar-refractivity contribution in [3.05, 3.63) is 36.0 Å². The smallest absolute Gasteiger partial charge is 0.409 e. The van der Waals surface area contributed by atoms with E-state index >= 15 is 0 Å². The van der Waals surface area contributed by atoms with Crippen LogP contribution in [0.4, 0.5) is 10.5 Å². The minimum atomic E-state index is -3.20. The molecule has 0 aliphatic carbocycles. The van der Waals surface area contributed by atoms with Gasteiger partial charge in [-0.3, -0.25) is 0 Å². The zero-order chi connectivity index (χ0) is 23.4. The van der Waals surface area contributed by atoms with Crippen molar-refractivity contribution in [3.8, 4) is 0 Å². The number of piperidine rings is 1. The van der Waals surface area contributed by atoms with Crippen LogP contribution in [0.5, 0.6) is 0 Å². The third kappa shape index (κ3) is 5.66. The largest absolute Gasteiger partial charge is 0.449 e. The Balaban J connectivity index is 1.30. The molecule has 180 valence electrons. The highest BCUT2D eigenvalue weighted by atomic mass is 32.2. The molecule has 2 aliphatic heterocycles. The van der Waals surface area contributed by atoms with Crippen LogP contribution in [0.3, 0.4) is 0 Å². The topological polar surface area (TPSA) is 106 Å². The van der Waals surface area contributed by atoms with Crippen molar-refractivity contribution in [1.29, 1.82) is 0 Å². The lowest BCUT2D eigenvalue weighted by Crippen LogP contribution is -2.38. The van der Waals surface area contributed by atoms with E-state index in [1.54, 1.807) is 17.0 Å². The van der Waals surface area contributed by atoms with Gasteiger partial charge in [-0.2, -0.15) is 4.98 Å². The summed E-state index contributed by atoms with van der Waals surface area (Å²) in [5, 5.41) is 4.25. The van der Waals surface area contributed by atoms with Gasteiger partial charge in [0.15, 0.2) is 15.7 Å². The van der Waals surface area contributed by atoms with Gasteiger partial charge in [-0.25, -0.2) is 13.2 Å². The molecule has 0 radical (unpaired) electrons. The molecule has 1 atom stereocenters. The second kappa shape index (κ2) is 10.1. The first-order valence-corrected chi connectivity index (χ1v) is 13.5. The standard InChI is InChI=1S/C23H32N4O5S/c1-3-4-15-31-23(28)26-12-9-17(10-13-26)22-24-21(25-32-22)18-11-14-27(16-18)19-5-7-20(8-6-19)33(2,29)30/h5-8,17-18H,3-4,9-16H2,1-2H3. The number of unbranched alkanes of at least 4 members (excludes halogenated alkanes) is 1. The van der Waals surface area contributed by atoms with Crippen molar-refractivity contribution in [2.24, 2.45) is 0 Å². The monoisotopic (exact) mass is 476 g/mol. The third-order valence-electron chi connectivity index (χ3n) is 6.47. The molecule has 3 heterocycles. The number of ether oxygens (including phenoxy) is 1. The first-order chi connectivity index (χ1) is 15.8. The maximum Gasteiger partial charge on any atom is 0.409 e. The summed E-state index contributed by atoms with van der Waals surface area (Å²) < 4.78 is 34.3. The molecule has 0 N–H and O–H groups in total. The number of hydrogen-bond donors (Lipinski definition) is 0. The summed E-state index contributed by atoms with van der Waals surface area (Å²) in [6.07, 6.45) is 5.35. The number of anilines is 1. The van der Waals surface area contributed by atoms with Crippen molar-refractivity contribution in [1.82, 2.24) is 15.0 Å². The zero-order valence-electron chi connectivity index (χ0n) is 19.3. The van der Waals surface area contributed by atoms with Gasteiger partial charge in [-0.15, -0.1) is 0 Å². The number of likely N-dealkylation sites (tertiary alicyclic amines) is 1. The molecular weight excluding hydrogens is 444 g/mol. The van der Waals surface area contributed by atoms with E-state index < -0.39 is 9.84 Å². The van der Waals surface area contributed by atoms with E-state index in [0.29, 0.717) is 30.5 Å². The number of aromatic nitrogens is 2. The number of amides is 1. The van der Waals surface area contributed by atoms with Crippen LogP contribution in [0.15, 0.2) is 33.7 Å². The number of hydrogen-bond acceptors (Lipinski definition) is 8. The molecule has 0 bridgehead atoms. The quantitative estimate of drug-likeness (QED) is 0.558. The van der Waals surface area contributed by atoms with Crippen LogP contribution < -0.4 is 4.90 Å². The van der Waals surface area contributed by atoms with Crippen LogP contribution in [-0.2, 0) is 14.6 Å². The fraction of sp³-hybridized carbons (Fsp3) is 0.609. The molecule has 2 aromatic rings. The van der Waals surface area contributed by atoms with E-state index in [4.69, 9.17) is 14.2 Å². The molecule has 1 aromatic heterocycles. The van der Waals surface area contributed by atoms with Crippen LogP contribution in [0.2, 0.25) is 0 Å². The Bertz CT molecular complexity index is 1050. The van der Waals surface area contributed by atoms with Gasteiger partial charge in [0.05, 0.1) is 11.5 Å². The zero-order valence-corrected chi connectivity index (χ0v) is 20.1.